The van der Waals surface area contributed by atoms with Crippen molar-refractivity contribution in [3.05, 3.63) is 30.6 Å². The molecule has 1 aromatic heterocycles. The van der Waals surface area contributed by atoms with Gasteiger partial charge in [-0.2, -0.15) is 5.10 Å². The summed E-state index contributed by atoms with van der Waals surface area (Å²) in [6, 6.07) is 1.73. The lowest BCUT2D eigenvalue weighted by Crippen LogP contribution is -2.52. The number of nitrogens with zero attached hydrogens (tertiary/aromatic N) is 3. The lowest BCUT2D eigenvalue weighted by Gasteiger charge is -2.39. The molecular weight excluding hydrogens is 282 g/mol. The molecule has 0 unspecified atom stereocenters. The summed E-state index contributed by atoms with van der Waals surface area (Å²) >= 11 is 0. The minimum Gasteiger partial charge on any atom is -0.479 e. The van der Waals surface area contributed by atoms with E-state index in [1.165, 1.54) is 4.68 Å². The number of hydrogen-bond acceptors (Lipinski definition) is 3. The number of likely N-dealkylation sites (tertiary alicyclic amines) is 1. The Morgan fingerprint density at radius 2 is 2.09 bits per heavy atom. The smallest absolute Gasteiger partial charge is 0.331 e. The maximum atomic E-state index is 12.3. The molecule has 0 radical (unpaired) electrons. The fraction of sp³-hybridized carbons (Fsp3) is 0.562. The number of hydrogen-bond donors (Lipinski definition) is 1. The fourth-order valence-corrected chi connectivity index (χ4v) is 3.41. The Hall–Kier alpha value is -2.11. The van der Waals surface area contributed by atoms with E-state index in [-0.39, 0.29) is 5.91 Å². The van der Waals surface area contributed by atoms with E-state index in [2.05, 4.69) is 17.3 Å². The highest BCUT2D eigenvalue weighted by Crippen LogP contribution is 2.31. The molecule has 22 heavy (non-hydrogen) atoms. The predicted molar refractivity (Wildman–Crippen MR) is 80.1 cm³/mol. The van der Waals surface area contributed by atoms with E-state index in [1.54, 1.807) is 23.4 Å². The number of amides is 1. The molecule has 2 aliphatic rings. The molecule has 1 N–H and O–H groups in total. The molecule has 1 aromatic rings. The Balaban J connectivity index is 1.64. The number of allylic oxidation sites excluding steroid dienone is 2. The van der Waals surface area contributed by atoms with Gasteiger partial charge in [0.1, 0.15) is 0 Å². The van der Waals surface area contributed by atoms with Crippen LogP contribution in [0.15, 0.2) is 30.6 Å². The van der Waals surface area contributed by atoms with Crippen LogP contribution in [0.5, 0.6) is 0 Å². The monoisotopic (exact) mass is 303 g/mol. The molecule has 0 bridgehead atoms. The molecule has 1 aliphatic carbocycles. The standard InChI is InChI=1S/C16H21N3O3/c20-14(12-13-4-1-2-5-13)18-10-6-16(7-11-18,15(21)22)19-9-3-8-17-19/h1,3-4,8-9,13H,2,5-7,10-12H2,(H,21,22)/t13-/m0/s1. The highest BCUT2D eigenvalue weighted by molar-refractivity contribution is 5.79. The number of carboxylic acid groups (broad SMARTS) is 1. The van der Waals surface area contributed by atoms with E-state index < -0.39 is 11.5 Å². The van der Waals surface area contributed by atoms with E-state index >= 15 is 0 Å². The summed E-state index contributed by atoms with van der Waals surface area (Å²) < 4.78 is 1.52. The van der Waals surface area contributed by atoms with Gasteiger partial charge in [0.15, 0.2) is 5.54 Å². The van der Waals surface area contributed by atoms with Crippen molar-refractivity contribution < 1.29 is 14.7 Å². The Labute approximate surface area is 129 Å². The lowest BCUT2D eigenvalue weighted by atomic mass is 9.87. The van der Waals surface area contributed by atoms with Gasteiger partial charge in [-0.05, 0) is 24.8 Å². The van der Waals surface area contributed by atoms with Crippen LogP contribution < -0.4 is 0 Å². The molecular formula is C16H21N3O3. The van der Waals surface area contributed by atoms with E-state index in [1.807, 2.05) is 0 Å². The molecule has 1 aliphatic heterocycles. The van der Waals surface area contributed by atoms with Crippen molar-refractivity contribution in [3.8, 4) is 0 Å². The topological polar surface area (TPSA) is 75.4 Å². The first-order chi connectivity index (χ1) is 10.6. The highest BCUT2D eigenvalue weighted by atomic mass is 16.4. The van der Waals surface area contributed by atoms with Gasteiger partial charge in [-0.15, -0.1) is 0 Å². The number of aromatic nitrogens is 2. The molecule has 6 nitrogen and oxygen atoms in total. The molecule has 1 fully saturated rings. The second-order valence-corrected chi connectivity index (χ2v) is 6.14. The van der Waals surface area contributed by atoms with Gasteiger partial charge in [-0.3, -0.25) is 9.48 Å². The van der Waals surface area contributed by atoms with Crippen LogP contribution in [0.3, 0.4) is 0 Å². The van der Waals surface area contributed by atoms with Crippen LogP contribution >= 0.6 is 0 Å². The third-order valence-corrected chi connectivity index (χ3v) is 4.83. The minimum absolute atomic E-state index is 0.135. The largest absolute Gasteiger partial charge is 0.479 e. The van der Waals surface area contributed by atoms with Crippen molar-refractivity contribution >= 4 is 11.9 Å². The normalized spacial score (nSPS) is 23.6. The first kappa shape index (κ1) is 14.8. The van der Waals surface area contributed by atoms with Crippen LogP contribution in [0.1, 0.15) is 32.1 Å². The Morgan fingerprint density at radius 3 is 2.64 bits per heavy atom. The molecule has 0 aromatic carbocycles. The van der Waals surface area contributed by atoms with Gasteiger partial charge in [0.25, 0.3) is 0 Å². The van der Waals surface area contributed by atoms with Gasteiger partial charge >= 0.3 is 5.97 Å². The summed E-state index contributed by atoms with van der Waals surface area (Å²) in [5, 5.41) is 13.8. The van der Waals surface area contributed by atoms with Gasteiger partial charge in [-0.25, -0.2) is 4.79 Å². The lowest BCUT2D eigenvalue weighted by molar-refractivity contribution is -0.153. The van der Waals surface area contributed by atoms with Crippen LogP contribution in [0, 0.1) is 5.92 Å². The van der Waals surface area contributed by atoms with Gasteiger partial charge < -0.3 is 10.0 Å². The van der Waals surface area contributed by atoms with Crippen LogP contribution in [-0.4, -0.2) is 44.8 Å². The van der Waals surface area contributed by atoms with Crippen molar-refractivity contribution in [3.63, 3.8) is 0 Å². The van der Waals surface area contributed by atoms with Gasteiger partial charge in [-0.1, -0.05) is 12.2 Å². The van der Waals surface area contributed by atoms with Gasteiger partial charge in [0.05, 0.1) is 0 Å². The Kier molecular flexibility index (Phi) is 4.00. The number of carboxylic acids is 1. The summed E-state index contributed by atoms with van der Waals surface area (Å²) in [4.78, 5) is 25.9. The van der Waals surface area contributed by atoms with Crippen molar-refractivity contribution in [1.82, 2.24) is 14.7 Å². The van der Waals surface area contributed by atoms with Gasteiger partial charge in [0, 0.05) is 44.7 Å². The zero-order valence-electron chi connectivity index (χ0n) is 12.5. The van der Waals surface area contributed by atoms with Crippen LogP contribution in [-0.2, 0) is 15.1 Å². The minimum atomic E-state index is -1.02. The SMILES string of the molecule is O=C(C[C@H]1C=CCC1)N1CCC(C(=O)O)(n2cccn2)CC1. The molecule has 3 rings (SSSR count). The Morgan fingerprint density at radius 1 is 1.32 bits per heavy atom. The Bertz CT molecular complexity index is 571. The molecule has 1 amide bonds. The molecule has 1 saturated heterocycles. The summed E-state index contributed by atoms with van der Waals surface area (Å²) in [6.07, 6.45) is 11.0. The van der Waals surface area contributed by atoms with E-state index in [0.717, 1.165) is 12.8 Å². The first-order valence-electron chi connectivity index (χ1n) is 7.80. The molecule has 0 saturated carbocycles. The number of carbonyl (C=O) groups is 2. The van der Waals surface area contributed by atoms with Crippen molar-refractivity contribution in [1.29, 1.82) is 0 Å². The number of aliphatic carboxylic acids is 1. The second kappa shape index (κ2) is 5.94. The summed E-state index contributed by atoms with van der Waals surface area (Å²) in [6.45, 7) is 0.947. The number of piperidine rings is 1. The van der Waals surface area contributed by atoms with Crippen molar-refractivity contribution in [2.24, 2.45) is 5.92 Å². The molecule has 1 atom stereocenters. The zero-order valence-corrected chi connectivity index (χ0v) is 12.5. The third-order valence-electron chi connectivity index (χ3n) is 4.83. The van der Waals surface area contributed by atoms with Gasteiger partial charge in [0.2, 0.25) is 5.91 Å². The average Bonchev–Trinajstić information content (AvgIpc) is 3.20. The highest BCUT2D eigenvalue weighted by Gasteiger charge is 2.44. The van der Waals surface area contributed by atoms with Crippen molar-refractivity contribution in [2.45, 2.75) is 37.6 Å². The molecule has 6 heteroatoms. The van der Waals surface area contributed by atoms with E-state index in [0.29, 0.717) is 38.3 Å². The quantitative estimate of drug-likeness (QED) is 0.858. The third kappa shape index (κ3) is 2.65. The van der Waals surface area contributed by atoms with Crippen LogP contribution in [0.2, 0.25) is 0 Å². The summed E-state index contributed by atoms with van der Waals surface area (Å²) in [5.41, 5.74) is -1.02. The van der Waals surface area contributed by atoms with Crippen molar-refractivity contribution in [2.75, 3.05) is 13.1 Å². The predicted octanol–water partition coefficient (Wildman–Crippen LogP) is 1.64. The first-order valence-corrected chi connectivity index (χ1v) is 7.80. The average molecular weight is 303 g/mol. The fourth-order valence-electron chi connectivity index (χ4n) is 3.41. The molecule has 2 heterocycles. The van der Waals surface area contributed by atoms with Crippen LogP contribution in [0.25, 0.3) is 0 Å². The zero-order chi connectivity index (χ0) is 15.6. The molecule has 118 valence electrons. The summed E-state index contributed by atoms with van der Waals surface area (Å²) in [5.74, 6) is -0.386. The van der Waals surface area contributed by atoms with E-state index in [4.69, 9.17) is 0 Å². The van der Waals surface area contributed by atoms with E-state index in [9.17, 15) is 14.7 Å². The van der Waals surface area contributed by atoms with Crippen LogP contribution in [0.4, 0.5) is 0 Å². The molecule has 0 spiro atoms. The second-order valence-electron chi connectivity index (χ2n) is 6.14. The maximum absolute atomic E-state index is 12.3. The number of rotatable bonds is 4. The summed E-state index contributed by atoms with van der Waals surface area (Å²) in [7, 11) is 0. The number of carbonyl (C=O) groups excluding carboxylic acids is 1. The maximum Gasteiger partial charge on any atom is 0.331 e.